The summed E-state index contributed by atoms with van der Waals surface area (Å²) in [6, 6.07) is 15.0. The van der Waals surface area contributed by atoms with Gasteiger partial charge in [0.15, 0.2) is 5.17 Å². The first-order valence-corrected chi connectivity index (χ1v) is 10.9. The Bertz CT molecular complexity index is 1060. The minimum absolute atomic E-state index is 0.310. The number of rotatable bonds is 6. The number of carbonyl (C=O) groups is 1. The molecule has 0 bridgehead atoms. The average molecular weight is 441 g/mol. The van der Waals surface area contributed by atoms with E-state index in [1.807, 2.05) is 72.0 Å². The van der Waals surface area contributed by atoms with E-state index in [4.69, 9.17) is 21.1 Å². The summed E-state index contributed by atoms with van der Waals surface area (Å²) in [5, 5.41) is 3.47. The van der Waals surface area contributed by atoms with Crippen molar-refractivity contribution in [2.24, 2.45) is 4.99 Å². The maximum Gasteiger partial charge on any atom is 0.338 e. The first kappa shape index (κ1) is 20.6. The van der Waals surface area contributed by atoms with E-state index in [0.29, 0.717) is 35.3 Å². The van der Waals surface area contributed by atoms with Crippen LogP contribution in [0.5, 0.6) is 5.75 Å². The predicted molar refractivity (Wildman–Crippen MR) is 120 cm³/mol. The molecule has 2 aromatic rings. The Morgan fingerprint density at radius 2 is 2.07 bits per heavy atom. The van der Waals surface area contributed by atoms with Gasteiger partial charge in [-0.2, -0.15) is 0 Å². The number of hydrogen-bond acceptors (Lipinski definition) is 6. The van der Waals surface area contributed by atoms with Gasteiger partial charge in [-0.3, -0.25) is 0 Å². The van der Waals surface area contributed by atoms with Crippen LogP contribution in [0, 0.1) is 0 Å². The number of allylic oxidation sites excluding steroid dienone is 1. The van der Waals surface area contributed by atoms with Gasteiger partial charge < -0.3 is 14.4 Å². The SMILES string of the molecule is CCOC(=O)C1=C(C)N=C2SC=CN2[C@H]1c1cccc(OCc2ccccc2Cl)c1. The molecule has 0 saturated heterocycles. The lowest BCUT2D eigenvalue weighted by Crippen LogP contribution is -2.34. The number of fused-ring (bicyclic) bond motifs is 1. The third-order valence-corrected chi connectivity index (χ3v) is 5.98. The molecule has 7 heteroatoms. The second-order valence-corrected chi connectivity index (χ2v) is 8.06. The second kappa shape index (κ2) is 8.98. The van der Waals surface area contributed by atoms with E-state index in [1.54, 1.807) is 6.92 Å². The molecule has 0 amide bonds. The molecule has 0 fully saturated rings. The fourth-order valence-electron chi connectivity index (χ4n) is 3.45. The van der Waals surface area contributed by atoms with Crippen molar-refractivity contribution in [3.05, 3.63) is 87.6 Å². The highest BCUT2D eigenvalue weighted by Gasteiger charge is 2.37. The fraction of sp³-hybridized carbons (Fsp3) is 0.217. The van der Waals surface area contributed by atoms with Gasteiger partial charge in [0.05, 0.1) is 23.9 Å². The Morgan fingerprint density at radius 1 is 1.23 bits per heavy atom. The lowest BCUT2D eigenvalue weighted by molar-refractivity contribution is -0.139. The summed E-state index contributed by atoms with van der Waals surface area (Å²) in [4.78, 5) is 19.3. The number of amidine groups is 1. The monoisotopic (exact) mass is 440 g/mol. The predicted octanol–water partition coefficient (Wildman–Crippen LogP) is 5.69. The molecule has 0 unspecified atom stereocenters. The average Bonchev–Trinajstić information content (AvgIpc) is 3.20. The smallest absolute Gasteiger partial charge is 0.338 e. The highest BCUT2D eigenvalue weighted by molar-refractivity contribution is 8.16. The molecule has 0 N–H and O–H groups in total. The molecule has 0 aliphatic carbocycles. The van der Waals surface area contributed by atoms with Crippen molar-refractivity contribution < 1.29 is 14.3 Å². The minimum Gasteiger partial charge on any atom is -0.489 e. The van der Waals surface area contributed by atoms with E-state index in [0.717, 1.165) is 16.3 Å². The van der Waals surface area contributed by atoms with Crippen LogP contribution in [0.15, 0.2) is 76.4 Å². The molecule has 0 radical (unpaired) electrons. The number of esters is 1. The Balaban J connectivity index is 1.65. The van der Waals surface area contributed by atoms with Gasteiger partial charge in [-0.15, -0.1) is 0 Å². The number of aliphatic imine (C=N–C) groups is 1. The molecular formula is C23H21ClN2O3S. The fourth-order valence-corrected chi connectivity index (χ4v) is 4.43. The third kappa shape index (κ3) is 4.11. The van der Waals surface area contributed by atoms with Crippen molar-refractivity contribution in [2.45, 2.75) is 26.5 Å². The van der Waals surface area contributed by atoms with Crippen LogP contribution in [0.1, 0.15) is 31.0 Å². The van der Waals surface area contributed by atoms with E-state index < -0.39 is 0 Å². The van der Waals surface area contributed by atoms with Gasteiger partial charge in [-0.05, 0) is 43.0 Å². The number of halogens is 1. The third-order valence-electron chi connectivity index (χ3n) is 4.84. The van der Waals surface area contributed by atoms with Crippen LogP contribution in [0.3, 0.4) is 0 Å². The van der Waals surface area contributed by atoms with Crippen molar-refractivity contribution in [3.8, 4) is 5.75 Å². The van der Waals surface area contributed by atoms with Gasteiger partial charge >= 0.3 is 5.97 Å². The van der Waals surface area contributed by atoms with E-state index in [2.05, 4.69) is 4.99 Å². The Hall–Kier alpha value is -2.70. The second-order valence-electron chi connectivity index (χ2n) is 6.78. The molecule has 30 heavy (non-hydrogen) atoms. The van der Waals surface area contributed by atoms with Crippen LogP contribution in [0.25, 0.3) is 0 Å². The summed E-state index contributed by atoms with van der Waals surface area (Å²) in [5.41, 5.74) is 3.05. The van der Waals surface area contributed by atoms with Gasteiger partial charge in [0.1, 0.15) is 12.4 Å². The highest BCUT2D eigenvalue weighted by atomic mass is 35.5. The highest BCUT2D eigenvalue weighted by Crippen LogP contribution is 2.41. The number of hydrogen-bond donors (Lipinski definition) is 0. The Morgan fingerprint density at radius 3 is 2.87 bits per heavy atom. The summed E-state index contributed by atoms with van der Waals surface area (Å²) in [6.45, 7) is 4.32. The van der Waals surface area contributed by atoms with Crippen molar-refractivity contribution in [2.75, 3.05) is 6.61 Å². The Kier molecular flexibility index (Phi) is 6.16. The van der Waals surface area contributed by atoms with Crippen LogP contribution in [-0.2, 0) is 16.1 Å². The summed E-state index contributed by atoms with van der Waals surface area (Å²) >= 11 is 7.77. The summed E-state index contributed by atoms with van der Waals surface area (Å²) in [7, 11) is 0. The maximum absolute atomic E-state index is 12.8. The summed E-state index contributed by atoms with van der Waals surface area (Å²) < 4.78 is 11.3. The van der Waals surface area contributed by atoms with E-state index >= 15 is 0 Å². The minimum atomic E-state index is -0.351. The number of carbonyl (C=O) groups excluding carboxylic acids is 1. The first-order valence-electron chi connectivity index (χ1n) is 9.63. The zero-order valence-corrected chi connectivity index (χ0v) is 18.2. The van der Waals surface area contributed by atoms with Crippen molar-refractivity contribution in [3.63, 3.8) is 0 Å². The van der Waals surface area contributed by atoms with E-state index in [-0.39, 0.29) is 12.0 Å². The molecule has 0 spiro atoms. The van der Waals surface area contributed by atoms with E-state index in [1.165, 1.54) is 11.8 Å². The van der Waals surface area contributed by atoms with Crippen LogP contribution in [0.2, 0.25) is 5.02 Å². The molecule has 4 rings (SSSR count). The summed E-state index contributed by atoms with van der Waals surface area (Å²) in [5.74, 6) is 0.351. The molecule has 2 heterocycles. The maximum atomic E-state index is 12.8. The largest absolute Gasteiger partial charge is 0.489 e. The van der Waals surface area contributed by atoms with Gasteiger partial charge in [0.2, 0.25) is 0 Å². The lowest BCUT2D eigenvalue weighted by Gasteiger charge is -2.33. The standard InChI is InChI=1S/C23H21ClN2O3S/c1-3-28-22(27)20-15(2)25-23-26(11-12-30-23)21(20)16-8-6-9-18(13-16)29-14-17-7-4-5-10-19(17)24/h4-13,21H,3,14H2,1-2H3/t21-/m0/s1. The topological polar surface area (TPSA) is 51.1 Å². The van der Waals surface area contributed by atoms with Crippen LogP contribution in [0.4, 0.5) is 0 Å². The zero-order valence-electron chi connectivity index (χ0n) is 16.7. The molecular weight excluding hydrogens is 420 g/mol. The lowest BCUT2D eigenvalue weighted by atomic mass is 9.94. The van der Waals surface area contributed by atoms with Gasteiger partial charge in [0, 0.05) is 16.8 Å². The molecule has 154 valence electrons. The van der Waals surface area contributed by atoms with Crippen molar-refractivity contribution in [1.82, 2.24) is 4.90 Å². The van der Waals surface area contributed by atoms with Crippen molar-refractivity contribution >= 4 is 34.5 Å². The van der Waals surface area contributed by atoms with Gasteiger partial charge in [0.25, 0.3) is 0 Å². The van der Waals surface area contributed by atoms with Crippen LogP contribution in [-0.4, -0.2) is 22.6 Å². The zero-order chi connectivity index (χ0) is 21.1. The number of thioether (sulfide) groups is 1. The Labute approximate surface area is 185 Å². The van der Waals surface area contributed by atoms with Crippen LogP contribution >= 0.6 is 23.4 Å². The molecule has 1 atom stereocenters. The number of benzene rings is 2. The van der Waals surface area contributed by atoms with E-state index in [9.17, 15) is 4.79 Å². The molecule has 0 saturated carbocycles. The summed E-state index contributed by atoms with van der Waals surface area (Å²) in [6.07, 6.45) is 1.94. The molecule has 2 aliphatic rings. The molecule has 5 nitrogen and oxygen atoms in total. The van der Waals surface area contributed by atoms with Crippen LogP contribution < -0.4 is 4.74 Å². The number of ether oxygens (including phenoxy) is 2. The molecule has 2 aliphatic heterocycles. The van der Waals surface area contributed by atoms with Gasteiger partial charge in [-0.25, -0.2) is 9.79 Å². The first-order chi connectivity index (χ1) is 14.6. The number of nitrogens with zero attached hydrogens (tertiary/aromatic N) is 2. The molecule has 0 aromatic heterocycles. The van der Waals surface area contributed by atoms with Crippen molar-refractivity contribution in [1.29, 1.82) is 0 Å². The molecule has 2 aromatic carbocycles. The quantitative estimate of drug-likeness (QED) is 0.540. The van der Waals surface area contributed by atoms with Gasteiger partial charge in [-0.1, -0.05) is 53.7 Å². The normalized spacial score (nSPS) is 17.6.